The zero-order chi connectivity index (χ0) is 14.0. The molecule has 2 aliphatic carbocycles. The van der Waals surface area contributed by atoms with E-state index in [2.05, 4.69) is 13.8 Å². The highest BCUT2D eigenvalue weighted by Crippen LogP contribution is 2.54. The highest BCUT2D eigenvalue weighted by atomic mass is 16.5. The Hall–Kier alpha value is -1.06. The second-order valence-electron chi connectivity index (χ2n) is 6.34. The summed E-state index contributed by atoms with van der Waals surface area (Å²) in [4.78, 5) is 25.8. The fourth-order valence-corrected chi connectivity index (χ4v) is 3.21. The summed E-state index contributed by atoms with van der Waals surface area (Å²) < 4.78 is 4.96. The Kier molecular flexibility index (Phi) is 4.48. The van der Waals surface area contributed by atoms with E-state index in [1.807, 2.05) is 0 Å². The van der Waals surface area contributed by atoms with Gasteiger partial charge in [0, 0.05) is 12.5 Å². The number of amides is 1. The second-order valence-corrected chi connectivity index (χ2v) is 6.34. The quantitative estimate of drug-likeness (QED) is 0.692. The Bertz CT molecular complexity index is 343. The zero-order valence-electron chi connectivity index (χ0n) is 12.2. The number of fused-ring (bicyclic) bond motifs is 1. The van der Waals surface area contributed by atoms with Gasteiger partial charge >= 0.3 is 5.97 Å². The van der Waals surface area contributed by atoms with E-state index in [0.717, 1.165) is 24.7 Å². The number of hydrogen-bond acceptors (Lipinski definition) is 3. The minimum Gasteiger partial charge on any atom is -0.465 e. The van der Waals surface area contributed by atoms with Gasteiger partial charge in [-0.25, -0.2) is 0 Å². The van der Waals surface area contributed by atoms with E-state index in [-0.39, 0.29) is 24.3 Å². The lowest BCUT2D eigenvalue weighted by Crippen LogP contribution is -2.42. The fourth-order valence-electron chi connectivity index (χ4n) is 3.21. The number of hydrogen-bond donors (Lipinski definition) is 0. The van der Waals surface area contributed by atoms with Crippen molar-refractivity contribution in [2.75, 3.05) is 19.7 Å². The van der Waals surface area contributed by atoms with Crippen LogP contribution in [0.15, 0.2) is 0 Å². The molecule has 0 N–H and O–H groups in total. The van der Waals surface area contributed by atoms with Crippen molar-refractivity contribution in [2.24, 2.45) is 23.7 Å². The molecule has 2 atom stereocenters. The minimum atomic E-state index is -0.292. The third kappa shape index (κ3) is 3.71. The standard InChI is InChI=1S/C15H25NO3/c1-4-19-14(17)9-16(8-10(2)3)15(18)13-6-11-5-12(11)7-13/h10-13H,4-9H2,1-3H3. The first-order valence-electron chi connectivity index (χ1n) is 7.45. The van der Waals surface area contributed by atoms with E-state index in [1.54, 1.807) is 11.8 Å². The van der Waals surface area contributed by atoms with E-state index in [4.69, 9.17) is 4.74 Å². The van der Waals surface area contributed by atoms with Gasteiger partial charge in [0.25, 0.3) is 0 Å². The van der Waals surface area contributed by atoms with Crippen LogP contribution < -0.4 is 0 Å². The van der Waals surface area contributed by atoms with Crippen LogP contribution in [0, 0.1) is 23.7 Å². The lowest BCUT2D eigenvalue weighted by atomic mass is 10.0. The first-order valence-corrected chi connectivity index (χ1v) is 7.45. The topological polar surface area (TPSA) is 46.6 Å². The lowest BCUT2D eigenvalue weighted by molar-refractivity contribution is -0.150. The number of carbonyl (C=O) groups excluding carboxylic acids is 2. The normalized spacial score (nSPS) is 28.1. The highest BCUT2D eigenvalue weighted by molar-refractivity contribution is 5.84. The van der Waals surface area contributed by atoms with Gasteiger partial charge in [0.05, 0.1) is 6.61 Å². The van der Waals surface area contributed by atoms with Gasteiger partial charge in [-0.1, -0.05) is 13.8 Å². The van der Waals surface area contributed by atoms with E-state index >= 15 is 0 Å². The van der Waals surface area contributed by atoms with Gasteiger partial charge < -0.3 is 9.64 Å². The molecular weight excluding hydrogens is 242 g/mol. The molecule has 0 aromatic rings. The summed E-state index contributed by atoms with van der Waals surface area (Å²) in [7, 11) is 0. The third-order valence-electron chi connectivity index (χ3n) is 4.12. The molecule has 2 unspecified atom stereocenters. The van der Waals surface area contributed by atoms with Crippen molar-refractivity contribution in [1.82, 2.24) is 4.90 Å². The molecule has 0 aromatic carbocycles. The van der Waals surface area contributed by atoms with Gasteiger partial charge in [0.2, 0.25) is 5.91 Å². The van der Waals surface area contributed by atoms with Crippen LogP contribution in [-0.2, 0) is 14.3 Å². The predicted octanol–water partition coefficient (Wildman–Crippen LogP) is 2.08. The van der Waals surface area contributed by atoms with Crippen molar-refractivity contribution >= 4 is 11.9 Å². The molecule has 108 valence electrons. The molecule has 2 fully saturated rings. The molecule has 0 aromatic heterocycles. The Labute approximate surface area is 115 Å². The van der Waals surface area contributed by atoms with Gasteiger partial charge in [-0.3, -0.25) is 9.59 Å². The number of carbonyl (C=O) groups is 2. The van der Waals surface area contributed by atoms with E-state index in [0.29, 0.717) is 19.1 Å². The Morgan fingerprint density at radius 3 is 2.37 bits per heavy atom. The lowest BCUT2D eigenvalue weighted by Gasteiger charge is -2.27. The molecule has 2 saturated carbocycles. The zero-order valence-corrected chi connectivity index (χ0v) is 12.2. The molecule has 2 aliphatic rings. The molecule has 0 bridgehead atoms. The van der Waals surface area contributed by atoms with Crippen molar-refractivity contribution in [3.8, 4) is 0 Å². The predicted molar refractivity (Wildman–Crippen MR) is 72.4 cm³/mol. The summed E-state index contributed by atoms with van der Waals surface area (Å²) in [5, 5.41) is 0. The summed E-state index contributed by atoms with van der Waals surface area (Å²) in [6, 6.07) is 0. The van der Waals surface area contributed by atoms with Crippen LogP contribution in [0.4, 0.5) is 0 Å². The smallest absolute Gasteiger partial charge is 0.325 e. The van der Waals surface area contributed by atoms with Crippen LogP contribution in [0.1, 0.15) is 40.0 Å². The van der Waals surface area contributed by atoms with E-state index in [9.17, 15) is 9.59 Å². The maximum absolute atomic E-state index is 12.5. The van der Waals surface area contributed by atoms with Crippen LogP contribution in [0.3, 0.4) is 0 Å². The molecule has 0 aliphatic heterocycles. The van der Waals surface area contributed by atoms with Crippen molar-refractivity contribution in [2.45, 2.75) is 40.0 Å². The number of rotatable bonds is 6. The molecule has 2 rings (SSSR count). The molecule has 0 saturated heterocycles. The van der Waals surface area contributed by atoms with Crippen LogP contribution >= 0.6 is 0 Å². The Morgan fingerprint density at radius 2 is 1.84 bits per heavy atom. The summed E-state index contributed by atoms with van der Waals surface area (Å²) in [5.41, 5.74) is 0. The molecule has 0 spiro atoms. The summed E-state index contributed by atoms with van der Waals surface area (Å²) >= 11 is 0. The molecule has 4 nitrogen and oxygen atoms in total. The van der Waals surface area contributed by atoms with Gasteiger partial charge in [0.15, 0.2) is 0 Å². The number of esters is 1. The molecule has 4 heteroatoms. The van der Waals surface area contributed by atoms with E-state index in [1.165, 1.54) is 6.42 Å². The number of ether oxygens (including phenoxy) is 1. The average molecular weight is 267 g/mol. The molecule has 1 amide bonds. The summed E-state index contributed by atoms with van der Waals surface area (Å²) in [6.07, 6.45) is 3.37. The summed E-state index contributed by atoms with van der Waals surface area (Å²) in [6.45, 7) is 7.04. The van der Waals surface area contributed by atoms with Gasteiger partial charge in [-0.15, -0.1) is 0 Å². The van der Waals surface area contributed by atoms with Crippen LogP contribution in [-0.4, -0.2) is 36.5 Å². The van der Waals surface area contributed by atoms with Crippen LogP contribution in [0.25, 0.3) is 0 Å². The maximum atomic E-state index is 12.5. The summed E-state index contributed by atoms with van der Waals surface area (Å²) in [5.74, 6) is 1.97. The largest absolute Gasteiger partial charge is 0.465 e. The van der Waals surface area contributed by atoms with Gasteiger partial charge in [-0.2, -0.15) is 0 Å². The average Bonchev–Trinajstić information content (AvgIpc) is 2.94. The van der Waals surface area contributed by atoms with Gasteiger partial charge in [0.1, 0.15) is 6.54 Å². The van der Waals surface area contributed by atoms with Crippen LogP contribution in [0.5, 0.6) is 0 Å². The van der Waals surface area contributed by atoms with Crippen molar-refractivity contribution in [1.29, 1.82) is 0 Å². The minimum absolute atomic E-state index is 0.108. The van der Waals surface area contributed by atoms with Gasteiger partial charge in [-0.05, 0) is 43.9 Å². The van der Waals surface area contributed by atoms with Crippen molar-refractivity contribution in [3.05, 3.63) is 0 Å². The molecule has 0 heterocycles. The van der Waals surface area contributed by atoms with Crippen molar-refractivity contribution < 1.29 is 14.3 Å². The SMILES string of the molecule is CCOC(=O)CN(CC(C)C)C(=O)C1CC2CC2C1. The maximum Gasteiger partial charge on any atom is 0.325 e. The first-order chi connectivity index (χ1) is 9.01. The molecular formula is C15H25NO3. The first kappa shape index (κ1) is 14.4. The van der Waals surface area contributed by atoms with Crippen LogP contribution in [0.2, 0.25) is 0 Å². The van der Waals surface area contributed by atoms with E-state index < -0.39 is 0 Å². The Balaban J connectivity index is 1.91. The van der Waals surface area contributed by atoms with Crippen molar-refractivity contribution in [3.63, 3.8) is 0 Å². The molecule has 0 radical (unpaired) electrons. The molecule has 19 heavy (non-hydrogen) atoms. The second kappa shape index (κ2) is 5.93. The monoisotopic (exact) mass is 267 g/mol. The number of nitrogens with zero attached hydrogens (tertiary/aromatic N) is 1. The fraction of sp³-hybridized carbons (Fsp3) is 0.867. The Morgan fingerprint density at radius 1 is 1.21 bits per heavy atom. The highest BCUT2D eigenvalue weighted by Gasteiger charge is 2.48. The third-order valence-corrected chi connectivity index (χ3v) is 4.12.